The van der Waals surface area contributed by atoms with E-state index < -0.39 is 21.1 Å². The molecule has 4 aliphatic heterocycles. The zero-order chi connectivity index (χ0) is 15.8. The summed E-state index contributed by atoms with van der Waals surface area (Å²) < 4.78 is 25.5. The largest absolute Gasteiger partial charge is 0.355 e. The summed E-state index contributed by atoms with van der Waals surface area (Å²) >= 11 is 0. The Bertz CT molecular complexity index is 635. The quantitative estimate of drug-likeness (QED) is 0.721. The molecule has 120 valence electrons. The van der Waals surface area contributed by atoms with Crippen LogP contribution in [0.5, 0.6) is 0 Å². The first kappa shape index (κ1) is 15.4. The number of carbonyl (C=O) groups excluding carboxylic acids is 1. The number of nitrogens with zero attached hydrogens (tertiary/aromatic N) is 3. The number of sulfonamides is 1. The fraction of sp³-hybridized carbons (Fsp3) is 0.786. The molecule has 7 nitrogen and oxygen atoms in total. The third-order valence-corrected chi connectivity index (χ3v) is 6.95. The normalized spacial score (nSPS) is 33.1. The van der Waals surface area contributed by atoms with Crippen molar-refractivity contribution in [3.05, 3.63) is 0 Å². The first-order valence-corrected chi connectivity index (χ1v) is 9.16. The van der Waals surface area contributed by atoms with Crippen LogP contribution in [0.3, 0.4) is 0 Å². The molecule has 3 saturated heterocycles. The molecule has 3 fully saturated rings. The molecule has 0 atom stereocenters. The molecule has 8 heteroatoms. The van der Waals surface area contributed by atoms with E-state index in [1.807, 2.05) is 0 Å². The van der Waals surface area contributed by atoms with Gasteiger partial charge in [0, 0.05) is 38.9 Å². The van der Waals surface area contributed by atoms with Crippen LogP contribution in [0.15, 0.2) is 10.2 Å². The van der Waals surface area contributed by atoms with Crippen molar-refractivity contribution in [3.8, 4) is 12.3 Å². The van der Waals surface area contributed by atoms with Gasteiger partial charge < -0.3 is 5.32 Å². The van der Waals surface area contributed by atoms with Crippen molar-refractivity contribution in [1.29, 1.82) is 0 Å². The van der Waals surface area contributed by atoms with Crippen molar-refractivity contribution in [2.24, 2.45) is 15.6 Å². The van der Waals surface area contributed by atoms with Gasteiger partial charge in [-0.25, -0.2) is 12.7 Å². The first-order valence-electron chi connectivity index (χ1n) is 7.55. The maximum Gasteiger partial charge on any atom is 0.227 e. The van der Waals surface area contributed by atoms with Crippen molar-refractivity contribution in [2.75, 3.05) is 25.4 Å². The molecule has 22 heavy (non-hydrogen) atoms. The first-order chi connectivity index (χ1) is 10.4. The van der Waals surface area contributed by atoms with Crippen molar-refractivity contribution in [3.63, 3.8) is 0 Å². The van der Waals surface area contributed by atoms with Crippen LogP contribution in [0.4, 0.5) is 0 Å². The minimum absolute atomic E-state index is 0.0666. The second-order valence-electron chi connectivity index (χ2n) is 6.33. The van der Waals surface area contributed by atoms with Crippen LogP contribution >= 0.6 is 0 Å². The summed E-state index contributed by atoms with van der Waals surface area (Å²) in [5.74, 6) is 2.35. The Morgan fingerprint density at radius 1 is 1.27 bits per heavy atom. The zero-order valence-corrected chi connectivity index (χ0v) is 13.2. The Labute approximate surface area is 130 Å². The number of terminal acetylenes is 1. The molecule has 0 aromatic heterocycles. The Hall–Kier alpha value is -1.46. The van der Waals surface area contributed by atoms with Crippen molar-refractivity contribution < 1.29 is 13.2 Å². The Kier molecular flexibility index (Phi) is 3.73. The molecule has 4 rings (SSSR count). The summed E-state index contributed by atoms with van der Waals surface area (Å²) in [6.45, 7) is 1.35. The lowest BCUT2D eigenvalue weighted by Crippen LogP contribution is -2.60. The van der Waals surface area contributed by atoms with Gasteiger partial charge in [0.1, 0.15) is 0 Å². The maximum absolute atomic E-state index is 12.5. The van der Waals surface area contributed by atoms with Gasteiger partial charge in [-0.2, -0.15) is 10.2 Å². The molecule has 0 aromatic carbocycles. The third kappa shape index (κ3) is 2.75. The van der Waals surface area contributed by atoms with E-state index in [0.29, 0.717) is 51.7 Å². The summed E-state index contributed by atoms with van der Waals surface area (Å²) in [6.07, 6.45) is 8.38. The summed E-state index contributed by atoms with van der Waals surface area (Å²) in [6, 6.07) is 0. The van der Waals surface area contributed by atoms with E-state index in [1.165, 1.54) is 4.31 Å². The second kappa shape index (κ2) is 5.32. The van der Waals surface area contributed by atoms with Crippen LogP contribution in [0.1, 0.15) is 32.1 Å². The number of fused-ring (bicyclic) bond motifs is 3. The average Bonchev–Trinajstić information content (AvgIpc) is 3.25. The molecule has 0 saturated carbocycles. The third-order valence-electron chi connectivity index (χ3n) is 4.88. The van der Waals surface area contributed by atoms with Crippen LogP contribution in [0.2, 0.25) is 0 Å². The van der Waals surface area contributed by atoms with Gasteiger partial charge in [-0.1, -0.05) is 0 Å². The molecular formula is C14H20N4O3S. The lowest BCUT2D eigenvalue weighted by molar-refractivity contribution is -0.132. The molecule has 0 aliphatic carbocycles. The van der Waals surface area contributed by atoms with Crippen LogP contribution in [0, 0.1) is 17.8 Å². The highest BCUT2D eigenvalue weighted by Crippen LogP contribution is 2.40. The van der Waals surface area contributed by atoms with Gasteiger partial charge in [-0.05, 0) is 12.8 Å². The van der Waals surface area contributed by atoms with Gasteiger partial charge in [0.25, 0.3) is 0 Å². The van der Waals surface area contributed by atoms with Gasteiger partial charge >= 0.3 is 0 Å². The number of carbonyl (C=O) groups is 1. The van der Waals surface area contributed by atoms with E-state index in [1.54, 1.807) is 0 Å². The molecule has 4 heterocycles. The van der Waals surface area contributed by atoms with Crippen molar-refractivity contribution in [2.45, 2.75) is 37.8 Å². The molecule has 1 amide bonds. The summed E-state index contributed by atoms with van der Waals surface area (Å²) in [5, 5.41) is 10.9. The fourth-order valence-corrected chi connectivity index (χ4v) is 5.34. The predicted molar refractivity (Wildman–Crippen MR) is 80.3 cm³/mol. The fourth-order valence-electron chi connectivity index (χ4n) is 3.30. The van der Waals surface area contributed by atoms with E-state index in [9.17, 15) is 13.2 Å². The molecule has 1 N–H and O–H groups in total. The van der Waals surface area contributed by atoms with Gasteiger partial charge in [0.15, 0.2) is 5.66 Å². The van der Waals surface area contributed by atoms with E-state index in [-0.39, 0.29) is 11.7 Å². The summed E-state index contributed by atoms with van der Waals surface area (Å²) in [7, 11) is -3.27. The molecule has 2 bridgehead atoms. The standard InChI is InChI=1S/C14H20N4O3S/c1-2-3-4-14(16-17-14)5-8-15-12(19)13-6-9-18(10-7-13)22(20,21)11-13/h1H,3-11H2,(H,15,19). The van der Waals surface area contributed by atoms with Gasteiger partial charge in [0.05, 0.1) is 11.2 Å². The van der Waals surface area contributed by atoms with E-state index >= 15 is 0 Å². The highest BCUT2D eigenvalue weighted by molar-refractivity contribution is 7.89. The van der Waals surface area contributed by atoms with Crippen LogP contribution < -0.4 is 5.32 Å². The lowest BCUT2D eigenvalue weighted by atomic mass is 9.79. The molecule has 0 spiro atoms. The van der Waals surface area contributed by atoms with E-state index in [0.717, 1.165) is 0 Å². The number of amides is 1. The highest BCUT2D eigenvalue weighted by Gasteiger charge is 2.52. The minimum atomic E-state index is -3.27. The molecule has 0 unspecified atom stereocenters. The molecular weight excluding hydrogens is 304 g/mol. The Balaban J connectivity index is 1.53. The Morgan fingerprint density at radius 3 is 2.50 bits per heavy atom. The number of piperidine rings is 1. The average molecular weight is 324 g/mol. The number of hydrogen-bond donors (Lipinski definition) is 1. The zero-order valence-electron chi connectivity index (χ0n) is 12.4. The van der Waals surface area contributed by atoms with Crippen molar-refractivity contribution >= 4 is 15.9 Å². The van der Waals surface area contributed by atoms with E-state index in [4.69, 9.17) is 6.42 Å². The van der Waals surface area contributed by atoms with Crippen LogP contribution in [0.25, 0.3) is 0 Å². The number of nitrogens with one attached hydrogen (secondary N) is 1. The van der Waals surface area contributed by atoms with Crippen LogP contribution in [-0.2, 0) is 14.8 Å². The predicted octanol–water partition coefficient (Wildman–Crippen LogP) is 0.494. The summed E-state index contributed by atoms with van der Waals surface area (Å²) in [4.78, 5) is 12.5. The van der Waals surface area contributed by atoms with Crippen molar-refractivity contribution in [1.82, 2.24) is 9.62 Å². The minimum Gasteiger partial charge on any atom is -0.355 e. The number of rotatable bonds is 6. The highest BCUT2D eigenvalue weighted by atomic mass is 32.2. The monoisotopic (exact) mass is 324 g/mol. The molecule has 0 aromatic rings. The van der Waals surface area contributed by atoms with E-state index in [2.05, 4.69) is 21.5 Å². The topological polar surface area (TPSA) is 91.2 Å². The molecule has 0 radical (unpaired) electrons. The Morgan fingerprint density at radius 2 is 1.95 bits per heavy atom. The molecule has 4 aliphatic rings. The SMILES string of the molecule is C#CCCC1(CCNC(=O)C23CCN(CC2)S(=O)(=O)C3)N=N1. The van der Waals surface area contributed by atoms with Gasteiger partial charge in [-0.15, -0.1) is 12.3 Å². The van der Waals surface area contributed by atoms with Crippen LogP contribution in [-0.4, -0.2) is 49.7 Å². The summed E-state index contributed by atoms with van der Waals surface area (Å²) in [5.41, 5.74) is -1.17. The second-order valence-corrected chi connectivity index (χ2v) is 8.30. The number of hydrogen-bond acceptors (Lipinski definition) is 5. The van der Waals surface area contributed by atoms with Gasteiger partial charge in [0.2, 0.25) is 15.9 Å². The smallest absolute Gasteiger partial charge is 0.227 e. The maximum atomic E-state index is 12.5. The lowest BCUT2D eigenvalue weighted by Gasteiger charge is -2.46. The van der Waals surface area contributed by atoms with Gasteiger partial charge in [-0.3, -0.25) is 4.79 Å².